The van der Waals surface area contributed by atoms with E-state index in [1.54, 1.807) is 30.3 Å². The molecule has 0 unspecified atom stereocenters. The van der Waals surface area contributed by atoms with Gasteiger partial charge in [0.15, 0.2) is 5.75 Å². The summed E-state index contributed by atoms with van der Waals surface area (Å²) < 4.78 is 35.5. The van der Waals surface area contributed by atoms with Gasteiger partial charge in [-0.3, -0.25) is 0 Å². The molecule has 2 rings (SSSR count). The number of halogens is 2. The summed E-state index contributed by atoms with van der Waals surface area (Å²) >= 11 is 11.9. The van der Waals surface area contributed by atoms with Gasteiger partial charge in [0.25, 0.3) is 0 Å². The van der Waals surface area contributed by atoms with E-state index in [4.69, 9.17) is 32.1 Å². The van der Waals surface area contributed by atoms with Crippen molar-refractivity contribution in [2.24, 2.45) is 0 Å². The minimum atomic E-state index is -4.14. The minimum Gasteiger partial charge on any atom is -0.494 e. The Morgan fingerprint density at radius 3 is 2.52 bits per heavy atom. The van der Waals surface area contributed by atoms with E-state index in [9.17, 15) is 8.42 Å². The lowest BCUT2D eigenvalue weighted by atomic mass is 10.1. The summed E-state index contributed by atoms with van der Waals surface area (Å²) in [4.78, 5) is -0.192. The van der Waals surface area contributed by atoms with Crippen molar-refractivity contribution < 1.29 is 17.3 Å². The van der Waals surface area contributed by atoms with Gasteiger partial charge in [-0.2, -0.15) is 8.42 Å². The topological polar surface area (TPSA) is 52.6 Å². The van der Waals surface area contributed by atoms with E-state index in [-0.39, 0.29) is 26.4 Å². The number of hydrogen-bond donors (Lipinski definition) is 0. The van der Waals surface area contributed by atoms with Crippen molar-refractivity contribution in [1.29, 1.82) is 0 Å². The Hall–Kier alpha value is -1.69. The summed E-state index contributed by atoms with van der Waals surface area (Å²) in [5.74, 6) is 0.167. The van der Waals surface area contributed by atoms with Crippen molar-refractivity contribution in [3.63, 3.8) is 0 Å². The second-order valence-electron chi connectivity index (χ2n) is 4.53. The van der Waals surface area contributed by atoms with Gasteiger partial charge in [-0.05, 0) is 30.2 Å². The number of allylic oxidation sites excluding steroid dienone is 1. The Labute approximate surface area is 145 Å². The molecule has 0 atom stereocenters. The smallest absolute Gasteiger partial charge is 0.343 e. The standard InChI is InChI=1S/C16H14Cl2O4S/c1-3-6-11-7-4-5-8-13(11)22-23(19,20)14-10-9-12(17)15(18)16(14)21-2/h3-5,7-10H,1,6H2,2H3. The molecule has 0 radical (unpaired) electrons. The van der Waals surface area contributed by atoms with Crippen molar-refractivity contribution >= 4 is 33.3 Å². The highest BCUT2D eigenvalue weighted by Crippen LogP contribution is 2.38. The average Bonchev–Trinajstić information content (AvgIpc) is 2.51. The van der Waals surface area contributed by atoms with E-state index in [0.29, 0.717) is 12.0 Å². The first-order chi connectivity index (χ1) is 10.9. The molecule has 4 nitrogen and oxygen atoms in total. The molecule has 0 saturated heterocycles. The van der Waals surface area contributed by atoms with Crippen LogP contribution in [0.2, 0.25) is 10.0 Å². The molecule has 23 heavy (non-hydrogen) atoms. The van der Waals surface area contributed by atoms with Gasteiger partial charge < -0.3 is 8.92 Å². The van der Waals surface area contributed by atoms with Gasteiger partial charge in [0.2, 0.25) is 0 Å². The quantitative estimate of drug-likeness (QED) is 0.553. The Kier molecular flexibility index (Phi) is 5.57. The van der Waals surface area contributed by atoms with Crippen LogP contribution in [-0.2, 0) is 16.5 Å². The minimum absolute atomic E-state index is 0.0122. The van der Waals surface area contributed by atoms with E-state index in [2.05, 4.69) is 6.58 Å². The number of methoxy groups -OCH3 is 1. The highest BCUT2D eigenvalue weighted by molar-refractivity contribution is 7.87. The molecule has 0 N–H and O–H groups in total. The summed E-state index contributed by atoms with van der Waals surface area (Å²) in [7, 11) is -2.83. The van der Waals surface area contributed by atoms with Crippen LogP contribution in [-0.4, -0.2) is 15.5 Å². The van der Waals surface area contributed by atoms with E-state index in [0.717, 1.165) is 0 Å². The highest BCUT2D eigenvalue weighted by atomic mass is 35.5. The predicted octanol–water partition coefficient (Wildman–Crippen LogP) is 4.50. The van der Waals surface area contributed by atoms with Crippen molar-refractivity contribution in [3.05, 3.63) is 64.7 Å². The fourth-order valence-corrected chi connectivity index (χ4v) is 3.56. The monoisotopic (exact) mass is 372 g/mol. The van der Waals surface area contributed by atoms with Crippen LogP contribution >= 0.6 is 23.2 Å². The van der Waals surface area contributed by atoms with Gasteiger partial charge >= 0.3 is 10.1 Å². The molecule has 7 heteroatoms. The number of rotatable bonds is 6. The lowest BCUT2D eigenvalue weighted by Crippen LogP contribution is -2.12. The largest absolute Gasteiger partial charge is 0.494 e. The Morgan fingerprint density at radius 1 is 1.17 bits per heavy atom. The second-order valence-corrected chi connectivity index (χ2v) is 6.83. The third-order valence-corrected chi connectivity index (χ3v) is 5.07. The van der Waals surface area contributed by atoms with Crippen molar-refractivity contribution in [1.82, 2.24) is 0 Å². The molecule has 0 aliphatic heterocycles. The molecule has 0 bridgehead atoms. The van der Waals surface area contributed by atoms with E-state index in [1.807, 2.05) is 0 Å². The number of hydrogen-bond acceptors (Lipinski definition) is 4. The lowest BCUT2D eigenvalue weighted by molar-refractivity contribution is 0.398. The molecule has 0 amide bonds. The van der Waals surface area contributed by atoms with Crippen LogP contribution in [0.25, 0.3) is 0 Å². The zero-order chi connectivity index (χ0) is 17.0. The predicted molar refractivity (Wildman–Crippen MR) is 91.2 cm³/mol. The number of benzene rings is 2. The second kappa shape index (κ2) is 7.25. The van der Waals surface area contributed by atoms with Gasteiger partial charge in [0.1, 0.15) is 15.7 Å². The molecule has 122 valence electrons. The zero-order valence-corrected chi connectivity index (χ0v) is 14.6. The zero-order valence-electron chi connectivity index (χ0n) is 12.3. The van der Waals surface area contributed by atoms with E-state index in [1.165, 1.54) is 19.2 Å². The molecular weight excluding hydrogens is 359 g/mol. The van der Waals surface area contributed by atoms with Crippen molar-refractivity contribution in [3.8, 4) is 11.5 Å². The van der Waals surface area contributed by atoms with Crippen LogP contribution < -0.4 is 8.92 Å². The first kappa shape index (κ1) is 17.7. The number of ether oxygens (including phenoxy) is 1. The van der Waals surface area contributed by atoms with Gasteiger partial charge in [0.05, 0.1) is 12.1 Å². The first-order valence-corrected chi connectivity index (χ1v) is 8.72. The van der Waals surface area contributed by atoms with Crippen molar-refractivity contribution in [2.45, 2.75) is 11.3 Å². The summed E-state index contributed by atoms with van der Waals surface area (Å²) in [6.07, 6.45) is 2.14. The van der Waals surface area contributed by atoms with Crippen LogP contribution in [0.1, 0.15) is 5.56 Å². The maximum absolute atomic E-state index is 12.6. The molecule has 0 aliphatic carbocycles. The molecule has 0 saturated carbocycles. The average molecular weight is 373 g/mol. The van der Waals surface area contributed by atoms with Gasteiger partial charge in [-0.1, -0.05) is 47.5 Å². The van der Waals surface area contributed by atoms with Gasteiger partial charge in [-0.25, -0.2) is 0 Å². The SMILES string of the molecule is C=CCc1ccccc1OS(=O)(=O)c1ccc(Cl)c(Cl)c1OC. The van der Waals surface area contributed by atoms with Crippen LogP contribution in [0.5, 0.6) is 11.5 Å². The number of para-hydroxylation sites is 1. The van der Waals surface area contributed by atoms with Crippen molar-refractivity contribution in [2.75, 3.05) is 7.11 Å². The molecule has 0 aliphatic rings. The fraction of sp³-hybridized carbons (Fsp3) is 0.125. The third kappa shape index (κ3) is 3.80. The molecule has 0 heterocycles. The van der Waals surface area contributed by atoms with Crippen LogP contribution in [0.3, 0.4) is 0 Å². The molecule has 2 aromatic carbocycles. The summed E-state index contributed by atoms with van der Waals surface area (Å²) in [6.45, 7) is 3.64. The molecule has 0 aromatic heterocycles. The Morgan fingerprint density at radius 2 is 1.87 bits per heavy atom. The summed E-state index contributed by atoms with van der Waals surface area (Å²) in [5.41, 5.74) is 0.699. The summed E-state index contributed by atoms with van der Waals surface area (Å²) in [5, 5.41) is 0.202. The lowest BCUT2D eigenvalue weighted by Gasteiger charge is -2.14. The molecule has 2 aromatic rings. The van der Waals surface area contributed by atoms with Crippen LogP contribution in [0, 0.1) is 0 Å². The summed E-state index contributed by atoms with van der Waals surface area (Å²) in [6, 6.07) is 9.47. The normalized spacial score (nSPS) is 11.1. The van der Waals surface area contributed by atoms with Crippen LogP contribution in [0.15, 0.2) is 53.9 Å². The molecule has 0 spiro atoms. The fourth-order valence-electron chi connectivity index (χ4n) is 1.97. The van der Waals surface area contributed by atoms with E-state index < -0.39 is 10.1 Å². The first-order valence-electron chi connectivity index (χ1n) is 6.56. The Balaban J connectivity index is 2.49. The Bertz CT molecular complexity index is 832. The maximum atomic E-state index is 12.6. The third-order valence-electron chi connectivity index (χ3n) is 3.02. The molecule has 0 fully saturated rings. The van der Waals surface area contributed by atoms with E-state index >= 15 is 0 Å². The van der Waals surface area contributed by atoms with Gasteiger partial charge in [-0.15, -0.1) is 6.58 Å². The maximum Gasteiger partial charge on any atom is 0.343 e. The van der Waals surface area contributed by atoms with Gasteiger partial charge in [0, 0.05) is 0 Å². The van der Waals surface area contributed by atoms with Crippen LogP contribution in [0.4, 0.5) is 0 Å². The molecular formula is C16H14Cl2O4S. The highest BCUT2D eigenvalue weighted by Gasteiger charge is 2.25.